The van der Waals surface area contributed by atoms with E-state index >= 15 is 0 Å². The highest BCUT2D eigenvalue weighted by molar-refractivity contribution is 5.97. The fourth-order valence-corrected chi connectivity index (χ4v) is 2.80. The van der Waals surface area contributed by atoms with Crippen LogP contribution in [-0.2, 0) is 0 Å². The molecule has 1 aromatic carbocycles. The monoisotopic (exact) mass is 259 g/mol. The van der Waals surface area contributed by atoms with Crippen molar-refractivity contribution in [2.24, 2.45) is 5.73 Å². The molecule has 0 saturated carbocycles. The Hall–Kier alpha value is -1.88. The number of rotatable bonds is 1. The number of nitrogens with zero attached hydrogens (tertiary/aromatic N) is 2. The highest BCUT2D eigenvalue weighted by Crippen LogP contribution is 2.29. The second kappa shape index (κ2) is 4.06. The van der Waals surface area contributed by atoms with E-state index in [1.807, 2.05) is 18.7 Å². The Bertz CT molecular complexity index is 632. The average molecular weight is 259 g/mol. The second-order valence-electron chi connectivity index (χ2n) is 5.73. The minimum atomic E-state index is -0.202. The Morgan fingerprint density at radius 3 is 3.00 bits per heavy atom. The predicted molar refractivity (Wildman–Crippen MR) is 71.7 cm³/mol. The zero-order valence-corrected chi connectivity index (χ0v) is 11.1. The largest absolute Gasteiger partial charge is 0.443 e. The van der Waals surface area contributed by atoms with Gasteiger partial charge in [0.1, 0.15) is 5.52 Å². The van der Waals surface area contributed by atoms with Gasteiger partial charge in [-0.1, -0.05) is 0 Å². The predicted octanol–water partition coefficient (Wildman–Crippen LogP) is 1.78. The summed E-state index contributed by atoms with van der Waals surface area (Å²) in [4.78, 5) is 18.5. The number of aromatic nitrogens is 1. The Labute approximate surface area is 111 Å². The Kier molecular flexibility index (Phi) is 2.60. The molecule has 1 aromatic heterocycles. The third-order valence-electron chi connectivity index (χ3n) is 3.73. The second-order valence-corrected chi connectivity index (χ2v) is 5.73. The van der Waals surface area contributed by atoms with Gasteiger partial charge in [0.2, 0.25) is 0 Å². The highest BCUT2D eigenvalue weighted by Gasteiger charge is 2.39. The lowest BCUT2D eigenvalue weighted by Gasteiger charge is -2.31. The molecule has 1 amide bonds. The van der Waals surface area contributed by atoms with Crippen LogP contribution in [0.4, 0.5) is 0 Å². The first-order valence-electron chi connectivity index (χ1n) is 6.38. The van der Waals surface area contributed by atoms with Crippen molar-refractivity contribution in [2.75, 3.05) is 6.54 Å². The molecule has 1 fully saturated rings. The summed E-state index contributed by atoms with van der Waals surface area (Å²) in [5, 5.41) is 0. The van der Waals surface area contributed by atoms with Gasteiger partial charge in [-0.15, -0.1) is 0 Å². The van der Waals surface area contributed by atoms with Crippen LogP contribution in [0.25, 0.3) is 11.1 Å². The maximum absolute atomic E-state index is 12.6. The lowest BCUT2D eigenvalue weighted by molar-refractivity contribution is 0.0651. The van der Waals surface area contributed by atoms with Crippen molar-refractivity contribution in [2.45, 2.75) is 31.8 Å². The first-order chi connectivity index (χ1) is 8.97. The van der Waals surface area contributed by atoms with E-state index in [1.165, 1.54) is 6.39 Å². The van der Waals surface area contributed by atoms with Gasteiger partial charge >= 0.3 is 0 Å². The van der Waals surface area contributed by atoms with Crippen LogP contribution in [0.5, 0.6) is 0 Å². The molecule has 1 aliphatic rings. The third kappa shape index (κ3) is 2.00. The summed E-state index contributed by atoms with van der Waals surface area (Å²) in [6.45, 7) is 4.69. The van der Waals surface area contributed by atoms with Gasteiger partial charge in [0.15, 0.2) is 12.0 Å². The number of benzene rings is 1. The molecule has 1 atom stereocenters. The van der Waals surface area contributed by atoms with Crippen LogP contribution >= 0.6 is 0 Å². The summed E-state index contributed by atoms with van der Waals surface area (Å²) in [6.07, 6.45) is 2.21. The number of amides is 1. The van der Waals surface area contributed by atoms with Gasteiger partial charge < -0.3 is 15.1 Å². The molecule has 5 nitrogen and oxygen atoms in total. The molecule has 0 spiro atoms. The van der Waals surface area contributed by atoms with Crippen LogP contribution < -0.4 is 5.73 Å². The zero-order chi connectivity index (χ0) is 13.6. The van der Waals surface area contributed by atoms with Crippen LogP contribution in [0.1, 0.15) is 30.6 Å². The van der Waals surface area contributed by atoms with Crippen molar-refractivity contribution in [3.8, 4) is 0 Å². The molecule has 0 bridgehead atoms. The lowest BCUT2D eigenvalue weighted by Crippen LogP contribution is -2.42. The van der Waals surface area contributed by atoms with Crippen molar-refractivity contribution in [3.05, 3.63) is 30.2 Å². The number of carbonyl (C=O) groups excluding carboxylic acids is 1. The fraction of sp³-hybridized carbons (Fsp3) is 0.429. The third-order valence-corrected chi connectivity index (χ3v) is 3.73. The van der Waals surface area contributed by atoms with Crippen LogP contribution in [0.15, 0.2) is 29.0 Å². The van der Waals surface area contributed by atoms with Gasteiger partial charge in [-0.05, 0) is 38.5 Å². The average Bonchev–Trinajstić information content (AvgIpc) is 2.90. The fourth-order valence-electron chi connectivity index (χ4n) is 2.80. The van der Waals surface area contributed by atoms with Gasteiger partial charge in [-0.3, -0.25) is 4.79 Å². The van der Waals surface area contributed by atoms with E-state index in [2.05, 4.69) is 4.98 Å². The summed E-state index contributed by atoms with van der Waals surface area (Å²) in [6, 6.07) is 5.38. The van der Waals surface area contributed by atoms with Crippen molar-refractivity contribution in [3.63, 3.8) is 0 Å². The minimum Gasteiger partial charge on any atom is -0.443 e. The molecule has 5 heteroatoms. The number of hydrogen-bond donors (Lipinski definition) is 1. The molecular weight excluding hydrogens is 242 g/mol. The lowest BCUT2D eigenvalue weighted by atomic mass is 10.00. The quantitative estimate of drug-likeness (QED) is 0.847. The normalized spacial score (nSPS) is 22.1. The Morgan fingerprint density at radius 1 is 1.53 bits per heavy atom. The summed E-state index contributed by atoms with van der Waals surface area (Å²) >= 11 is 0. The first-order valence-corrected chi connectivity index (χ1v) is 6.38. The van der Waals surface area contributed by atoms with Crippen LogP contribution in [0.2, 0.25) is 0 Å². The summed E-state index contributed by atoms with van der Waals surface area (Å²) in [7, 11) is 0. The Balaban J connectivity index is 1.95. The molecule has 0 radical (unpaired) electrons. The van der Waals surface area contributed by atoms with E-state index in [1.54, 1.807) is 18.2 Å². The number of oxazole rings is 1. The number of hydrogen-bond acceptors (Lipinski definition) is 4. The van der Waals surface area contributed by atoms with Crippen molar-refractivity contribution in [1.29, 1.82) is 0 Å². The molecule has 2 aromatic rings. The standard InChI is InChI=1S/C14H17N3O2/c1-14(2)6-10(15)7-17(14)13(18)9-3-4-11-12(5-9)19-8-16-11/h3-5,8,10H,6-7,15H2,1-2H3. The maximum Gasteiger partial charge on any atom is 0.254 e. The number of likely N-dealkylation sites (tertiary alicyclic amines) is 1. The van der Waals surface area contributed by atoms with Gasteiger partial charge in [-0.2, -0.15) is 0 Å². The van der Waals surface area contributed by atoms with E-state index in [4.69, 9.17) is 10.2 Å². The number of nitrogens with two attached hydrogens (primary N) is 1. The topological polar surface area (TPSA) is 72.4 Å². The van der Waals surface area contributed by atoms with Crippen LogP contribution in [0, 0.1) is 0 Å². The molecule has 100 valence electrons. The Morgan fingerprint density at radius 2 is 2.32 bits per heavy atom. The molecule has 1 aliphatic heterocycles. The summed E-state index contributed by atoms with van der Waals surface area (Å²) in [5.41, 5.74) is 7.77. The van der Waals surface area contributed by atoms with Crippen molar-refractivity contribution in [1.82, 2.24) is 9.88 Å². The van der Waals surface area contributed by atoms with E-state index in [-0.39, 0.29) is 17.5 Å². The molecule has 19 heavy (non-hydrogen) atoms. The summed E-state index contributed by atoms with van der Waals surface area (Å²) < 4.78 is 5.24. The molecule has 2 heterocycles. The van der Waals surface area contributed by atoms with Crippen LogP contribution in [-0.4, -0.2) is 33.9 Å². The highest BCUT2D eigenvalue weighted by atomic mass is 16.3. The molecule has 0 aliphatic carbocycles. The van der Waals surface area contributed by atoms with Gasteiger partial charge in [-0.25, -0.2) is 4.98 Å². The van der Waals surface area contributed by atoms with E-state index < -0.39 is 0 Å². The first kappa shape index (κ1) is 12.2. The van der Waals surface area contributed by atoms with Crippen LogP contribution in [0.3, 0.4) is 0 Å². The van der Waals surface area contributed by atoms with Crippen molar-refractivity contribution < 1.29 is 9.21 Å². The van der Waals surface area contributed by atoms with Gasteiger partial charge in [0.25, 0.3) is 5.91 Å². The van der Waals surface area contributed by atoms with E-state index in [0.717, 1.165) is 11.9 Å². The molecule has 1 saturated heterocycles. The number of fused-ring (bicyclic) bond motifs is 1. The van der Waals surface area contributed by atoms with E-state index in [9.17, 15) is 4.79 Å². The smallest absolute Gasteiger partial charge is 0.254 e. The molecule has 2 N–H and O–H groups in total. The maximum atomic E-state index is 12.6. The molecular formula is C14H17N3O2. The molecule has 1 unspecified atom stereocenters. The van der Waals surface area contributed by atoms with Gasteiger partial charge in [0.05, 0.1) is 0 Å². The SMILES string of the molecule is CC1(C)CC(N)CN1C(=O)c1ccc2ncoc2c1. The van der Waals surface area contributed by atoms with Gasteiger partial charge in [0, 0.05) is 23.7 Å². The zero-order valence-electron chi connectivity index (χ0n) is 11.1. The molecule has 3 rings (SSSR count). The summed E-state index contributed by atoms with van der Waals surface area (Å²) in [5.74, 6) is -0.00347. The van der Waals surface area contributed by atoms with E-state index in [0.29, 0.717) is 17.7 Å². The minimum absolute atomic E-state index is 0.00347. The number of carbonyl (C=O) groups is 1. The van der Waals surface area contributed by atoms with Crippen molar-refractivity contribution >= 4 is 17.0 Å².